The van der Waals surface area contributed by atoms with E-state index in [1.165, 1.54) is 6.42 Å². The zero-order chi connectivity index (χ0) is 26.5. The quantitative estimate of drug-likeness (QED) is 0.518. The number of carbonyl (C=O) groups is 3. The van der Waals surface area contributed by atoms with Crippen LogP contribution in [0.25, 0.3) is 0 Å². The standard InChI is InChI=1S/C28H42N4O5/c1-18-15-32(19(2)17-33)26(34)14-21-13-23(29-27(35)20-9-10-20)11-12-24(21)37-25(18)16-31(3)28(36)30-22-7-5-4-6-8-22/h11-13,18-20,22,25,33H,4-10,14-17H2,1-3H3,(H,29,35)(H,30,36)/t18-,19-,25+/m1/s1. The number of aliphatic hydroxyl groups is 1. The third kappa shape index (κ3) is 7.15. The van der Waals surface area contributed by atoms with Crippen LogP contribution in [-0.4, -0.2) is 77.7 Å². The lowest BCUT2D eigenvalue weighted by molar-refractivity contribution is -0.134. The van der Waals surface area contributed by atoms with Gasteiger partial charge in [-0.3, -0.25) is 9.59 Å². The molecule has 3 aliphatic rings. The second-order valence-electron chi connectivity index (χ2n) is 11.1. The van der Waals surface area contributed by atoms with Crippen molar-refractivity contribution in [3.05, 3.63) is 23.8 Å². The Balaban J connectivity index is 1.54. The number of benzene rings is 1. The van der Waals surface area contributed by atoms with Crippen LogP contribution in [0.4, 0.5) is 10.5 Å². The second-order valence-corrected chi connectivity index (χ2v) is 11.1. The molecule has 1 aromatic rings. The van der Waals surface area contributed by atoms with Crippen LogP contribution in [0.5, 0.6) is 5.75 Å². The number of nitrogens with one attached hydrogen (secondary N) is 2. The highest BCUT2D eigenvalue weighted by Crippen LogP contribution is 2.32. The fourth-order valence-corrected chi connectivity index (χ4v) is 5.20. The van der Waals surface area contributed by atoms with Crippen LogP contribution in [0, 0.1) is 11.8 Å². The molecule has 1 aliphatic heterocycles. The average Bonchev–Trinajstić information content (AvgIpc) is 3.73. The molecule has 0 aromatic heterocycles. The number of hydrogen-bond donors (Lipinski definition) is 3. The number of likely N-dealkylation sites (N-methyl/N-ethyl adjacent to an activating group) is 1. The molecule has 4 rings (SSSR count). The minimum atomic E-state index is -0.368. The van der Waals surface area contributed by atoms with Gasteiger partial charge in [-0.1, -0.05) is 26.2 Å². The summed E-state index contributed by atoms with van der Waals surface area (Å²) in [7, 11) is 1.78. The Bertz CT molecular complexity index is 975. The number of rotatable bonds is 7. The zero-order valence-corrected chi connectivity index (χ0v) is 22.4. The molecular formula is C28H42N4O5. The summed E-state index contributed by atoms with van der Waals surface area (Å²) in [6, 6.07) is 5.17. The van der Waals surface area contributed by atoms with Crippen molar-refractivity contribution in [2.45, 2.75) is 83.4 Å². The maximum Gasteiger partial charge on any atom is 0.317 e. The summed E-state index contributed by atoms with van der Waals surface area (Å²) in [5.74, 6) is 0.456. The van der Waals surface area contributed by atoms with Crippen LogP contribution in [0.2, 0.25) is 0 Å². The number of anilines is 1. The molecule has 2 aliphatic carbocycles. The molecule has 37 heavy (non-hydrogen) atoms. The van der Waals surface area contributed by atoms with E-state index in [1.54, 1.807) is 29.0 Å². The second kappa shape index (κ2) is 12.2. The molecule has 3 atom stereocenters. The van der Waals surface area contributed by atoms with Crippen molar-refractivity contribution in [2.24, 2.45) is 11.8 Å². The van der Waals surface area contributed by atoms with Crippen LogP contribution < -0.4 is 15.4 Å². The molecule has 0 bridgehead atoms. The van der Waals surface area contributed by atoms with E-state index in [0.29, 0.717) is 30.1 Å². The van der Waals surface area contributed by atoms with E-state index in [1.807, 2.05) is 19.9 Å². The highest BCUT2D eigenvalue weighted by atomic mass is 16.5. The Labute approximate surface area is 219 Å². The normalized spacial score (nSPS) is 23.6. The summed E-state index contributed by atoms with van der Waals surface area (Å²) in [5, 5.41) is 15.9. The molecule has 0 unspecified atom stereocenters. The van der Waals surface area contributed by atoms with E-state index >= 15 is 0 Å². The van der Waals surface area contributed by atoms with Crippen LogP contribution in [0.15, 0.2) is 18.2 Å². The Morgan fingerprint density at radius 2 is 1.92 bits per heavy atom. The van der Waals surface area contributed by atoms with Crippen molar-refractivity contribution in [3.8, 4) is 5.75 Å². The van der Waals surface area contributed by atoms with Gasteiger partial charge in [-0.2, -0.15) is 0 Å². The van der Waals surface area contributed by atoms with Gasteiger partial charge in [-0.05, 0) is 50.8 Å². The van der Waals surface area contributed by atoms with Gasteiger partial charge in [0, 0.05) is 42.7 Å². The van der Waals surface area contributed by atoms with Crippen molar-refractivity contribution >= 4 is 23.5 Å². The number of urea groups is 1. The Kier molecular flexibility index (Phi) is 8.95. The predicted molar refractivity (Wildman–Crippen MR) is 141 cm³/mol. The van der Waals surface area contributed by atoms with Gasteiger partial charge in [0.05, 0.1) is 25.6 Å². The molecule has 9 heteroatoms. The summed E-state index contributed by atoms with van der Waals surface area (Å²) in [6.07, 6.45) is 7.09. The molecular weight excluding hydrogens is 472 g/mol. The number of amides is 4. The minimum Gasteiger partial charge on any atom is -0.488 e. The first-order chi connectivity index (χ1) is 17.7. The first kappa shape index (κ1) is 27.2. The average molecular weight is 515 g/mol. The van der Waals surface area contributed by atoms with Gasteiger partial charge in [0.2, 0.25) is 11.8 Å². The first-order valence-electron chi connectivity index (χ1n) is 13.8. The van der Waals surface area contributed by atoms with Gasteiger partial charge in [0.25, 0.3) is 0 Å². The van der Waals surface area contributed by atoms with Crippen molar-refractivity contribution < 1.29 is 24.2 Å². The zero-order valence-electron chi connectivity index (χ0n) is 22.4. The topological polar surface area (TPSA) is 111 Å². The van der Waals surface area contributed by atoms with E-state index in [-0.39, 0.29) is 60.9 Å². The summed E-state index contributed by atoms with van der Waals surface area (Å²) in [5.41, 5.74) is 1.32. The molecule has 2 saturated carbocycles. The maximum atomic E-state index is 13.3. The molecule has 1 heterocycles. The predicted octanol–water partition coefficient (Wildman–Crippen LogP) is 3.16. The van der Waals surface area contributed by atoms with E-state index in [4.69, 9.17) is 4.74 Å². The maximum absolute atomic E-state index is 13.3. The molecule has 3 N–H and O–H groups in total. The largest absolute Gasteiger partial charge is 0.488 e. The first-order valence-corrected chi connectivity index (χ1v) is 13.8. The number of fused-ring (bicyclic) bond motifs is 1. The molecule has 0 spiro atoms. The van der Waals surface area contributed by atoms with Crippen LogP contribution in [0.3, 0.4) is 0 Å². The van der Waals surface area contributed by atoms with Crippen molar-refractivity contribution in [2.75, 3.05) is 32.1 Å². The minimum absolute atomic E-state index is 0.00268. The molecule has 0 radical (unpaired) electrons. The number of ether oxygens (including phenoxy) is 1. The fraction of sp³-hybridized carbons (Fsp3) is 0.679. The Morgan fingerprint density at radius 1 is 1.19 bits per heavy atom. The molecule has 4 amide bonds. The van der Waals surface area contributed by atoms with Crippen molar-refractivity contribution in [1.82, 2.24) is 15.1 Å². The van der Waals surface area contributed by atoms with Gasteiger partial charge in [-0.15, -0.1) is 0 Å². The molecule has 1 aromatic carbocycles. The lowest BCUT2D eigenvalue weighted by Gasteiger charge is -2.34. The van der Waals surface area contributed by atoms with Gasteiger partial charge < -0.3 is 30.3 Å². The van der Waals surface area contributed by atoms with Crippen LogP contribution in [0.1, 0.15) is 64.4 Å². The summed E-state index contributed by atoms with van der Waals surface area (Å²) in [6.45, 7) is 4.46. The Hall–Kier alpha value is -2.81. The SMILES string of the molecule is C[C@@H]1CN([C@H](C)CO)C(=O)Cc2cc(NC(=O)C3CC3)ccc2O[C@H]1CN(C)C(=O)NC1CCCCC1. The van der Waals surface area contributed by atoms with Gasteiger partial charge in [0.1, 0.15) is 11.9 Å². The van der Waals surface area contributed by atoms with Gasteiger partial charge >= 0.3 is 6.03 Å². The fourth-order valence-electron chi connectivity index (χ4n) is 5.20. The summed E-state index contributed by atoms with van der Waals surface area (Å²) < 4.78 is 6.49. The molecule has 0 saturated heterocycles. The highest BCUT2D eigenvalue weighted by Gasteiger charge is 2.33. The van der Waals surface area contributed by atoms with Gasteiger partial charge in [0.15, 0.2) is 0 Å². The van der Waals surface area contributed by atoms with E-state index in [9.17, 15) is 19.5 Å². The Morgan fingerprint density at radius 3 is 2.59 bits per heavy atom. The third-order valence-corrected chi connectivity index (χ3v) is 7.87. The van der Waals surface area contributed by atoms with E-state index in [0.717, 1.165) is 38.5 Å². The lowest BCUT2D eigenvalue weighted by Crippen LogP contribution is -2.50. The van der Waals surface area contributed by atoms with Crippen molar-refractivity contribution in [1.29, 1.82) is 0 Å². The lowest BCUT2D eigenvalue weighted by atomic mass is 9.96. The number of aliphatic hydroxyl groups excluding tert-OH is 1. The molecule has 2 fully saturated rings. The number of nitrogens with zero attached hydrogens (tertiary/aromatic N) is 2. The summed E-state index contributed by atoms with van der Waals surface area (Å²) >= 11 is 0. The van der Waals surface area contributed by atoms with E-state index in [2.05, 4.69) is 10.6 Å². The van der Waals surface area contributed by atoms with Crippen LogP contribution in [-0.2, 0) is 16.0 Å². The van der Waals surface area contributed by atoms with Crippen molar-refractivity contribution in [3.63, 3.8) is 0 Å². The number of carbonyl (C=O) groups excluding carboxylic acids is 3. The van der Waals surface area contributed by atoms with Gasteiger partial charge in [-0.25, -0.2) is 4.79 Å². The summed E-state index contributed by atoms with van der Waals surface area (Å²) in [4.78, 5) is 42.0. The third-order valence-electron chi connectivity index (χ3n) is 7.87. The van der Waals surface area contributed by atoms with Crippen LogP contribution >= 0.6 is 0 Å². The smallest absolute Gasteiger partial charge is 0.317 e. The molecule has 204 valence electrons. The number of hydrogen-bond acceptors (Lipinski definition) is 5. The monoisotopic (exact) mass is 514 g/mol. The molecule has 9 nitrogen and oxygen atoms in total. The van der Waals surface area contributed by atoms with E-state index < -0.39 is 0 Å². The highest BCUT2D eigenvalue weighted by molar-refractivity contribution is 5.94.